The van der Waals surface area contributed by atoms with Gasteiger partial charge in [0.1, 0.15) is 7.11 Å². The number of hydrogen-bond donors (Lipinski definition) is 0. The van der Waals surface area contributed by atoms with E-state index in [9.17, 15) is 0 Å². The Morgan fingerprint density at radius 3 is 2.24 bits per heavy atom. The topological polar surface area (TPSA) is 62.2 Å². The van der Waals surface area contributed by atoms with Crippen LogP contribution in [0.3, 0.4) is 0 Å². The van der Waals surface area contributed by atoms with Gasteiger partial charge < -0.3 is 19.0 Å². The van der Waals surface area contributed by atoms with Gasteiger partial charge >= 0.3 is 0 Å². The molecule has 0 aliphatic heterocycles. The Hall–Kier alpha value is -2.76. The van der Waals surface area contributed by atoms with E-state index < -0.39 is 0 Å². The predicted molar refractivity (Wildman–Crippen MR) is 97.2 cm³/mol. The van der Waals surface area contributed by atoms with Crippen molar-refractivity contribution in [2.75, 3.05) is 21.3 Å². The highest BCUT2D eigenvalue weighted by atomic mass is 16.6. The first-order valence-corrected chi connectivity index (χ1v) is 8.03. The van der Waals surface area contributed by atoms with E-state index in [2.05, 4.69) is 10.1 Å². The molecule has 0 N–H and O–H groups in total. The molecule has 2 aromatic rings. The van der Waals surface area contributed by atoms with Crippen molar-refractivity contribution in [3.05, 3.63) is 41.1 Å². The summed E-state index contributed by atoms with van der Waals surface area (Å²) in [4.78, 5) is 9.49. The maximum absolute atomic E-state index is 6.09. The van der Waals surface area contributed by atoms with E-state index in [-0.39, 0.29) is 0 Å². The Morgan fingerprint density at radius 2 is 1.72 bits per heavy atom. The fourth-order valence-electron chi connectivity index (χ4n) is 2.54. The predicted octanol–water partition coefficient (Wildman–Crippen LogP) is 4.27. The van der Waals surface area contributed by atoms with Gasteiger partial charge in [0.2, 0.25) is 11.6 Å². The number of aromatic nitrogens is 1. The van der Waals surface area contributed by atoms with Crippen molar-refractivity contribution in [1.29, 1.82) is 0 Å². The molecule has 6 heteroatoms. The third-order valence-electron chi connectivity index (χ3n) is 3.78. The summed E-state index contributed by atoms with van der Waals surface area (Å²) in [7, 11) is 4.71. The number of pyridine rings is 1. The Bertz CT molecular complexity index is 750. The van der Waals surface area contributed by atoms with E-state index in [1.807, 2.05) is 45.0 Å². The number of ether oxygens (including phenoxy) is 3. The number of aryl methyl sites for hydroxylation is 1. The van der Waals surface area contributed by atoms with Crippen molar-refractivity contribution in [1.82, 2.24) is 4.98 Å². The quantitative estimate of drug-likeness (QED) is 0.554. The van der Waals surface area contributed by atoms with Gasteiger partial charge in [0.05, 0.1) is 19.9 Å². The van der Waals surface area contributed by atoms with Crippen LogP contribution in [0.1, 0.15) is 30.2 Å². The van der Waals surface area contributed by atoms with E-state index in [0.29, 0.717) is 23.1 Å². The van der Waals surface area contributed by atoms with E-state index in [0.717, 1.165) is 29.0 Å². The molecule has 1 aromatic heterocycles. The molecule has 0 spiro atoms. The first-order chi connectivity index (χ1) is 12.0. The average molecular weight is 344 g/mol. The largest absolute Gasteiger partial charge is 0.493 e. The van der Waals surface area contributed by atoms with Gasteiger partial charge in [-0.25, -0.2) is 4.98 Å². The molecule has 0 bridgehead atoms. The average Bonchev–Trinajstić information content (AvgIpc) is 2.62. The minimum atomic E-state index is 0.482. The smallest absolute Gasteiger partial charge is 0.223 e. The van der Waals surface area contributed by atoms with E-state index in [1.54, 1.807) is 14.2 Å². The zero-order valence-corrected chi connectivity index (χ0v) is 15.5. The fourth-order valence-corrected chi connectivity index (χ4v) is 2.54. The number of oxime groups is 1. The van der Waals surface area contributed by atoms with Crippen molar-refractivity contribution >= 4 is 5.71 Å². The van der Waals surface area contributed by atoms with Crippen molar-refractivity contribution in [3.8, 4) is 23.1 Å². The van der Waals surface area contributed by atoms with Crippen LogP contribution in [0.15, 0.2) is 29.4 Å². The second-order valence-electron chi connectivity index (χ2n) is 5.41. The van der Waals surface area contributed by atoms with Crippen LogP contribution in [-0.4, -0.2) is 32.0 Å². The SMILES string of the molecule is CC/C(=N\OC)c1cc(C)nc(Oc2c(OC)cccc2OC)c1C. The lowest BCUT2D eigenvalue weighted by molar-refractivity contribution is 0.213. The third kappa shape index (κ3) is 4.02. The number of nitrogens with zero attached hydrogens (tertiary/aromatic N) is 2. The summed E-state index contributed by atoms with van der Waals surface area (Å²) in [5.74, 6) is 2.12. The summed E-state index contributed by atoms with van der Waals surface area (Å²) in [5, 5.41) is 4.11. The lowest BCUT2D eigenvalue weighted by Crippen LogP contribution is -2.07. The molecular formula is C19H24N2O4. The highest BCUT2D eigenvalue weighted by Gasteiger charge is 2.18. The van der Waals surface area contributed by atoms with Gasteiger partial charge in [-0.3, -0.25) is 0 Å². The van der Waals surface area contributed by atoms with Crippen LogP contribution in [-0.2, 0) is 4.84 Å². The number of rotatable bonds is 7. The maximum atomic E-state index is 6.09. The summed E-state index contributed by atoms with van der Waals surface area (Å²) >= 11 is 0. The Kier molecular flexibility index (Phi) is 6.22. The molecular weight excluding hydrogens is 320 g/mol. The van der Waals surface area contributed by atoms with Crippen LogP contribution in [0.5, 0.6) is 23.1 Å². The number of benzene rings is 1. The summed E-state index contributed by atoms with van der Waals surface area (Å²) in [6.45, 7) is 5.88. The number of para-hydroxylation sites is 1. The second kappa shape index (κ2) is 8.37. The summed E-state index contributed by atoms with van der Waals surface area (Å²) in [6, 6.07) is 7.44. The zero-order valence-electron chi connectivity index (χ0n) is 15.5. The molecule has 1 heterocycles. The first kappa shape index (κ1) is 18.6. The third-order valence-corrected chi connectivity index (χ3v) is 3.78. The molecule has 0 amide bonds. The van der Waals surface area contributed by atoms with Gasteiger partial charge in [-0.05, 0) is 38.5 Å². The molecule has 1 aromatic carbocycles. The van der Waals surface area contributed by atoms with E-state index in [4.69, 9.17) is 19.0 Å². The van der Waals surface area contributed by atoms with Gasteiger partial charge in [-0.1, -0.05) is 18.1 Å². The first-order valence-electron chi connectivity index (χ1n) is 8.03. The van der Waals surface area contributed by atoms with Crippen LogP contribution in [0.25, 0.3) is 0 Å². The molecule has 25 heavy (non-hydrogen) atoms. The monoisotopic (exact) mass is 344 g/mol. The molecule has 0 aliphatic carbocycles. The minimum absolute atomic E-state index is 0.482. The van der Waals surface area contributed by atoms with E-state index in [1.165, 1.54) is 7.11 Å². The minimum Gasteiger partial charge on any atom is -0.493 e. The molecule has 0 unspecified atom stereocenters. The lowest BCUT2D eigenvalue weighted by atomic mass is 10.0. The standard InChI is InChI=1S/C19H24N2O4/c1-7-15(21-24-6)14-11-12(2)20-19(13(14)3)25-18-16(22-4)9-8-10-17(18)23-5/h8-11H,7H2,1-6H3/b21-15+. The van der Waals surface area contributed by atoms with Crippen molar-refractivity contribution in [2.45, 2.75) is 27.2 Å². The molecule has 2 rings (SSSR count). The van der Waals surface area contributed by atoms with Crippen LogP contribution in [0, 0.1) is 13.8 Å². The lowest BCUT2D eigenvalue weighted by Gasteiger charge is -2.17. The summed E-state index contributed by atoms with van der Waals surface area (Å²) in [5.41, 5.74) is 3.47. The molecule has 0 aliphatic rings. The van der Waals surface area contributed by atoms with Gasteiger partial charge in [0.15, 0.2) is 11.5 Å². The van der Waals surface area contributed by atoms with Crippen LogP contribution in [0.2, 0.25) is 0 Å². The second-order valence-corrected chi connectivity index (χ2v) is 5.41. The molecule has 0 fully saturated rings. The molecule has 0 saturated carbocycles. The van der Waals surface area contributed by atoms with Crippen molar-refractivity contribution < 1.29 is 19.0 Å². The van der Waals surface area contributed by atoms with Gasteiger partial charge in [0, 0.05) is 16.8 Å². The Balaban J connectivity index is 2.55. The van der Waals surface area contributed by atoms with E-state index >= 15 is 0 Å². The molecule has 0 saturated heterocycles. The molecule has 0 radical (unpaired) electrons. The number of hydrogen-bond acceptors (Lipinski definition) is 6. The Morgan fingerprint density at radius 1 is 1.08 bits per heavy atom. The van der Waals surface area contributed by atoms with Gasteiger partial charge in [-0.15, -0.1) is 0 Å². The molecule has 0 atom stereocenters. The van der Waals surface area contributed by atoms with Crippen LogP contribution in [0.4, 0.5) is 0 Å². The van der Waals surface area contributed by atoms with Crippen molar-refractivity contribution in [2.24, 2.45) is 5.16 Å². The summed E-state index contributed by atoms with van der Waals surface area (Å²) in [6.07, 6.45) is 0.732. The highest BCUT2D eigenvalue weighted by Crippen LogP contribution is 2.40. The van der Waals surface area contributed by atoms with Gasteiger partial charge in [0.25, 0.3) is 0 Å². The van der Waals surface area contributed by atoms with Crippen LogP contribution < -0.4 is 14.2 Å². The normalized spacial score (nSPS) is 11.2. The summed E-state index contributed by atoms with van der Waals surface area (Å²) < 4.78 is 16.9. The number of methoxy groups -OCH3 is 2. The fraction of sp³-hybridized carbons (Fsp3) is 0.368. The Labute approximate surface area is 148 Å². The highest BCUT2D eigenvalue weighted by molar-refractivity contribution is 6.01. The zero-order chi connectivity index (χ0) is 18.4. The molecule has 134 valence electrons. The molecule has 6 nitrogen and oxygen atoms in total. The van der Waals surface area contributed by atoms with Gasteiger partial charge in [-0.2, -0.15) is 0 Å². The van der Waals surface area contributed by atoms with Crippen LogP contribution >= 0.6 is 0 Å². The van der Waals surface area contributed by atoms with Crippen molar-refractivity contribution in [3.63, 3.8) is 0 Å². The maximum Gasteiger partial charge on any atom is 0.223 e.